The van der Waals surface area contributed by atoms with Gasteiger partial charge in [-0.3, -0.25) is 4.90 Å². The molecule has 0 amide bonds. The summed E-state index contributed by atoms with van der Waals surface area (Å²) in [6.45, 7) is 4.01. The van der Waals surface area contributed by atoms with Gasteiger partial charge in [0.2, 0.25) is 0 Å². The van der Waals surface area contributed by atoms with Gasteiger partial charge in [0.25, 0.3) is 0 Å². The van der Waals surface area contributed by atoms with E-state index in [9.17, 15) is 0 Å². The van der Waals surface area contributed by atoms with Crippen molar-refractivity contribution in [2.45, 2.75) is 12.6 Å². The van der Waals surface area contributed by atoms with Crippen LogP contribution in [0.3, 0.4) is 0 Å². The predicted octanol–water partition coefficient (Wildman–Crippen LogP) is 1.29. The topological polar surface area (TPSA) is 57.0 Å². The molecule has 1 aliphatic heterocycles. The van der Waals surface area contributed by atoms with Crippen molar-refractivity contribution >= 4 is 12.4 Å². The Morgan fingerprint density at radius 3 is 2.70 bits per heavy atom. The van der Waals surface area contributed by atoms with E-state index in [1.807, 2.05) is 12.1 Å². The van der Waals surface area contributed by atoms with Crippen molar-refractivity contribution in [1.29, 1.82) is 0 Å². The predicted molar refractivity (Wildman–Crippen MR) is 80.9 cm³/mol. The highest BCUT2D eigenvalue weighted by atomic mass is 35.5. The highest BCUT2D eigenvalue weighted by Crippen LogP contribution is 2.28. The molecule has 1 unspecified atom stereocenters. The second-order valence-corrected chi connectivity index (χ2v) is 4.65. The maximum absolute atomic E-state index is 5.65. The molecule has 0 saturated carbocycles. The average molecular weight is 303 g/mol. The molecular formula is C14H23ClN2O3. The minimum atomic E-state index is 0. The summed E-state index contributed by atoms with van der Waals surface area (Å²) in [5.41, 5.74) is 6.86. The van der Waals surface area contributed by atoms with Crippen LogP contribution < -0.4 is 15.2 Å². The molecule has 5 nitrogen and oxygen atoms in total. The number of halogens is 1. The molecule has 1 fully saturated rings. The number of nitrogens with zero attached hydrogens (tertiary/aromatic N) is 1. The third-order valence-corrected chi connectivity index (χ3v) is 3.34. The number of ether oxygens (including phenoxy) is 3. The van der Waals surface area contributed by atoms with Crippen LogP contribution in [0, 0.1) is 0 Å². The van der Waals surface area contributed by atoms with Gasteiger partial charge in [0, 0.05) is 26.2 Å². The van der Waals surface area contributed by atoms with Crippen molar-refractivity contribution in [3.63, 3.8) is 0 Å². The lowest BCUT2D eigenvalue weighted by atomic mass is 10.1. The summed E-state index contributed by atoms with van der Waals surface area (Å²) in [5, 5.41) is 0. The van der Waals surface area contributed by atoms with Crippen LogP contribution in [-0.2, 0) is 11.3 Å². The molecule has 1 aromatic carbocycles. The molecule has 1 aromatic rings. The van der Waals surface area contributed by atoms with E-state index < -0.39 is 0 Å². The van der Waals surface area contributed by atoms with Crippen molar-refractivity contribution in [3.8, 4) is 11.5 Å². The summed E-state index contributed by atoms with van der Waals surface area (Å²) in [6.07, 6.45) is 0.147. The number of methoxy groups -OCH3 is 2. The fourth-order valence-electron chi connectivity index (χ4n) is 2.30. The maximum atomic E-state index is 5.65. The third kappa shape index (κ3) is 4.24. The summed E-state index contributed by atoms with van der Waals surface area (Å²) in [4.78, 5) is 2.35. The van der Waals surface area contributed by atoms with Gasteiger partial charge in [-0.25, -0.2) is 0 Å². The Bertz CT molecular complexity index is 417. The molecule has 0 radical (unpaired) electrons. The zero-order valence-electron chi connectivity index (χ0n) is 12.0. The van der Waals surface area contributed by atoms with Crippen LogP contribution in [0.1, 0.15) is 5.56 Å². The fourth-order valence-corrected chi connectivity index (χ4v) is 2.30. The number of hydrogen-bond donors (Lipinski definition) is 1. The van der Waals surface area contributed by atoms with Crippen LogP contribution in [0.2, 0.25) is 0 Å². The summed E-state index contributed by atoms with van der Waals surface area (Å²) in [5.74, 6) is 1.52. The Morgan fingerprint density at radius 2 is 2.05 bits per heavy atom. The quantitative estimate of drug-likeness (QED) is 0.888. The first-order chi connectivity index (χ1) is 9.26. The van der Waals surface area contributed by atoms with Gasteiger partial charge in [-0.15, -0.1) is 12.4 Å². The lowest BCUT2D eigenvalue weighted by molar-refractivity contribution is -0.0260. The van der Waals surface area contributed by atoms with Gasteiger partial charge in [0.05, 0.1) is 26.9 Å². The van der Waals surface area contributed by atoms with Crippen molar-refractivity contribution in [2.75, 3.05) is 40.5 Å². The molecule has 1 heterocycles. The summed E-state index contributed by atoms with van der Waals surface area (Å²) >= 11 is 0. The molecule has 2 rings (SSSR count). The van der Waals surface area contributed by atoms with Crippen molar-refractivity contribution in [1.82, 2.24) is 4.90 Å². The van der Waals surface area contributed by atoms with Gasteiger partial charge in [-0.05, 0) is 17.7 Å². The van der Waals surface area contributed by atoms with Crippen LogP contribution in [0.5, 0.6) is 11.5 Å². The second-order valence-electron chi connectivity index (χ2n) is 4.65. The monoisotopic (exact) mass is 302 g/mol. The van der Waals surface area contributed by atoms with Crippen LogP contribution in [0.15, 0.2) is 18.2 Å². The molecule has 20 heavy (non-hydrogen) atoms. The fraction of sp³-hybridized carbons (Fsp3) is 0.571. The summed E-state index contributed by atoms with van der Waals surface area (Å²) < 4.78 is 16.1. The van der Waals surface area contributed by atoms with E-state index in [4.69, 9.17) is 19.9 Å². The van der Waals surface area contributed by atoms with Crippen molar-refractivity contribution < 1.29 is 14.2 Å². The molecule has 6 heteroatoms. The number of nitrogens with two attached hydrogens (primary N) is 1. The van der Waals surface area contributed by atoms with E-state index in [0.717, 1.165) is 37.7 Å². The first-order valence-corrected chi connectivity index (χ1v) is 6.51. The van der Waals surface area contributed by atoms with Gasteiger partial charge in [0.15, 0.2) is 11.5 Å². The van der Waals surface area contributed by atoms with Crippen molar-refractivity contribution in [3.05, 3.63) is 23.8 Å². The minimum absolute atomic E-state index is 0. The zero-order chi connectivity index (χ0) is 13.7. The molecule has 1 saturated heterocycles. The molecule has 0 bridgehead atoms. The average Bonchev–Trinajstić information content (AvgIpc) is 2.47. The molecule has 0 spiro atoms. The summed E-state index contributed by atoms with van der Waals surface area (Å²) in [6, 6.07) is 6.02. The highest BCUT2D eigenvalue weighted by molar-refractivity contribution is 5.85. The highest BCUT2D eigenvalue weighted by Gasteiger charge is 2.19. The van der Waals surface area contributed by atoms with E-state index in [1.54, 1.807) is 14.2 Å². The lowest BCUT2D eigenvalue weighted by Crippen LogP contribution is -2.45. The normalized spacial score (nSPS) is 19.2. The van der Waals surface area contributed by atoms with Crippen molar-refractivity contribution in [2.24, 2.45) is 5.73 Å². The van der Waals surface area contributed by atoms with E-state index in [0.29, 0.717) is 6.54 Å². The minimum Gasteiger partial charge on any atom is -0.493 e. The maximum Gasteiger partial charge on any atom is 0.161 e. The number of morpholine rings is 1. The summed E-state index contributed by atoms with van der Waals surface area (Å²) in [7, 11) is 3.30. The molecule has 1 atom stereocenters. The van der Waals surface area contributed by atoms with E-state index in [2.05, 4.69) is 11.0 Å². The van der Waals surface area contributed by atoms with Crippen LogP contribution >= 0.6 is 12.4 Å². The van der Waals surface area contributed by atoms with E-state index >= 15 is 0 Å². The molecular weight excluding hydrogens is 280 g/mol. The largest absolute Gasteiger partial charge is 0.493 e. The first-order valence-electron chi connectivity index (χ1n) is 6.51. The second kappa shape index (κ2) is 8.32. The Kier molecular flexibility index (Phi) is 7.09. The standard InChI is InChI=1S/C14H22N2O3.ClH/c1-17-13-4-3-11(7-14(13)18-2)9-16-5-6-19-12(8-15)10-16;/h3-4,7,12H,5-6,8-10,15H2,1-2H3;1H. The molecule has 2 N–H and O–H groups in total. The van der Waals surface area contributed by atoms with Gasteiger partial charge >= 0.3 is 0 Å². The Morgan fingerprint density at radius 1 is 1.30 bits per heavy atom. The van der Waals surface area contributed by atoms with Crippen LogP contribution in [0.25, 0.3) is 0 Å². The van der Waals surface area contributed by atoms with Crippen LogP contribution in [-0.4, -0.2) is 51.5 Å². The number of rotatable bonds is 5. The van der Waals surface area contributed by atoms with Gasteiger partial charge in [-0.1, -0.05) is 6.07 Å². The number of benzene rings is 1. The van der Waals surface area contributed by atoms with Gasteiger partial charge < -0.3 is 19.9 Å². The first kappa shape index (κ1) is 17.0. The number of hydrogen-bond acceptors (Lipinski definition) is 5. The van der Waals surface area contributed by atoms with E-state index in [-0.39, 0.29) is 18.5 Å². The lowest BCUT2D eigenvalue weighted by Gasteiger charge is -2.32. The Labute approximate surface area is 126 Å². The Balaban J connectivity index is 0.00000200. The van der Waals surface area contributed by atoms with E-state index in [1.165, 1.54) is 5.56 Å². The molecule has 114 valence electrons. The SMILES string of the molecule is COc1ccc(CN2CCOC(CN)C2)cc1OC.Cl. The van der Waals surface area contributed by atoms with Crippen LogP contribution in [0.4, 0.5) is 0 Å². The molecule has 1 aliphatic rings. The Hall–Kier alpha value is -1.01. The third-order valence-electron chi connectivity index (χ3n) is 3.34. The smallest absolute Gasteiger partial charge is 0.161 e. The zero-order valence-corrected chi connectivity index (χ0v) is 12.8. The molecule has 0 aliphatic carbocycles. The van der Waals surface area contributed by atoms with Gasteiger partial charge in [-0.2, -0.15) is 0 Å². The van der Waals surface area contributed by atoms with Gasteiger partial charge in [0.1, 0.15) is 0 Å². The molecule has 0 aromatic heterocycles.